The lowest BCUT2D eigenvalue weighted by molar-refractivity contribution is -0.136. The molecular formula is C21H20O3. The van der Waals surface area contributed by atoms with E-state index in [2.05, 4.69) is 36.4 Å². The summed E-state index contributed by atoms with van der Waals surface area (Å²) < 4.78 is 5.79. The lowest BCUT2D eigenvalue weighted by Gasteiger charge is -2.08. The molecule has 0 aliphatic rings. The largest absolute Gasteiger partial charge is 0.493 e. The molecule has 0 saturated heterocycles. The topological polar surface area (TPSA) is 46.5 Å². The van der Waals surface area contributed by atoms with Crippen LogP contribution < -0.4 is 4.74 Å². The summed E-state index contributed by atoms with van der Waals surface area (Å²) in [5, 5.41) is 11.2. The Bertz CT molecular complexity index is 822. The van der Waals surface area contributed by atoms with E-state index < -0.39 is 5.97 Å². The number of ether oxygens (including phenoxy) is 1. The summed E-state index contributed by atoms with van der Waals surface area (Å²) in [5.74, 6) is 0.0422. The third-order valence-electron chi connectivity index (χ3n) is 4.02. The van der Waals surface area contributed by atoms with Gasteiger partial charge >= 0.3 is 5.97 Å². The van der Waals surface area contributed by atoms with Gasteiger partial charge in [0, 0.05) is 12.8 Å². The normalized spacial score (nSPS) is 10.7. The predicted octanol–water partition coefficient (Wildman–Crippen LogP) is 4.48. The van der Waals surface area contributed by atoms with Gasteiger partial charge in [-0.2, -0.15) is 0 Å². The Balaban J connectivity index is 1.52. The van der Waals surface area contributed by atoms with E-state index in [4.69, 9.17) is 9.84 Å². The van der Waals surface area contributed by atoms with Crippen LogP contribution in [0.15, 0.2) is 66.7 Å². The number of aliphatic carboxylic acids is 1. The summed E-state index contributed by atoms with van der Waals surface area (Å²) in [7, 11) is 0. The van der Waals surface area contributed by atoms with Crippen molar-refractivity contribution in [2.24, 2.45) is 0 Å². The van der Waals surface area contributed by atoms with Crippen molar-refractivity contribution in [3.8, 4) is 5.75 Å². The van der Waals surface area contributed by atoms with Crippen molar-refractivity contribution in [3.05, 3.63) is 77.9 Å². The van der Waals surface area contributed by atoms with Gasteiger partial charge in [0.05, 0.1) is 6.61 Å². The molecule has 0 fully saturated rings. The van der Waals surface area contributed by atoms with Gasteiger partial charge in [-0.15, -0.1) is 0 Å². The summed E-state index contributed by atoms with van der Waals surface area (Å²) in [6.07, 6.45) is 1.56. The third-order valence-corrected chi connectivity index (χ3v) is 4.02. The van der Waals surface area contributed by atoms with Gasteiger partial charge in [-0.05, 0) is 40.5 Å². The molecule has 0 saturated carbocycles. The van der Waals surface area contributed by atoms with Crippen LogP contribution in [0.1, 0.15) is 17.5 Å². The highest BCUT2D eigenvalue weighted by molar-refractivity contribution is 5.82. The first-order valence-electron chi connectivity index (χ1n) is 8.12. The smallest absolute Gasteiger partial charge is 0.303 e. The Hall–Kier alpha value is -2.81. The molecule has 122 valence electrons. The van der Waals surface area contributed by atoms with E-state index in [0.717, 1.165) is 17.7 Å². The summed E-state index contributed by atoms with van der Waals surface area (Å²) in [6, 6.07) is 22.5. The minimum absolute atomic E-state index is 0.155. The van der Waals surface area contributed by atoms with Gasteiger partial charge in [-0.25, -0.2) is 0 Å². The molecule has 0 aliphatic carbocycles. The Labute approximate surface area is 141 Å². The van der Waals surface area contributed by atoms with Crippen molar-refractivity contribution >= 4 is 16.7 Å². The highest BCUT2D eigenvalue weighted by atomic mass is 16.5. The van der Waals surface area contributed by atoms with Gasteiger partial charge in [-0.1, -0.05) is 54.6 Å². The molecule has 1 N–H and O–H groups in total. The number of fused-ring (bicyclic) bond motifs is 1. The van der Waals surface area contributed by atoms with Gasteiger partial charge < -0.3 is 9.84 Å². The highest BCUT2D eigenvalue weighted by Gasteiger charge is 2.01. The third kappa shape index (κ3) is 4.35. The SMILES string of the molecule is O=C(O)CCc1ccc(OCCc2ccc3ccccc3c2)cc1. The summed E-state index contributed by atoms with van der Waals surface area (Å²) in [4.78, 5) is 10.6. The first-order chi connectivity index (χ1) is 11.7. The van der Waals surface area contributed by atoms with Gasteiger partial charge in [0.25, 0.3) is 0 Å². The molecule has 0 aromatic heterocycles. The minimum Gasteiger partial charge on any atom is -0.493 e. The van der Waals surface area contributed by atoms with Crippen LogP contribution in [0.25, 0.3) is 10.8 Å². The van der Waals surface area contributed by atoms with Crippen molar-refractivity contribution in [2.45, 2.75) is 19.3 Å². The van der Waals surface area contributed by atoms with Gasteiger partial charge in [0.1, 0.15) is 5.75 Å². The van der Waals surface area contributed by atoms with E-state index >= 15 is 0 Å². The van der Waals surface area contributed by atoms with Crippen LogP contribution in [-0.4, -0.2) is 17.7 Å². The zero-order chi connectivity index (χ0) is 16.8. The maximum absolute atomic E-state index is 10.6. The molecule has 0 heterocycles. The first-order valence-corrected chi connectivity index (χ1v) is 8.12. The van der Waals surface area contributed by atoms with Crippen LogP contribution in [0.4, 0.5) is 0 Å². The number of aryl methyl sites for hydroxylation is 1. The van der Waals surface area contributed by atoms with Gasteiger partial charge in [0.15, 0.2) is 0 Å². The Morgan fingerprint density at radius 3 is 2.29 bits per heavy atom. The quantitative estimate of drug-likeness (QED) is 0.698. The summed E-state index contributed by atoms with van der Waals surface area (Å²) >= 11 is 0. The minimum atomic E-state index is -0.772. The number of carboxylic acids is 1. The van der Waals surface area contributed by atoms with E-state index in [1.807, 2.05) is 30.3 Å². The summed E-state index contributed by atoms with van der Waals surface area (Å²) in [5.41, 5.74) is 2.27. The average molecular weight is 320 g/mol. The number of carbonyl (C=O) groups is 1. The van der Waals surface area contributed by atoms with Crippen LogP contribution >= 0.6 is 0 Å². The van der Waals surface area contributed by atoms with Gasteiger partial charge in [-0.3, -0.25) is 4.79 Å². The summed E-state index contributed by atoms with van der Waals surface area (Å²) in [6.45, 7) is 0.618. The fourth-order valence-corrected chi connectivity index (χ4v) is 2.68. The second-order valence-corrected chi connectivity index (χ2v) is 5.82. The van der Waals surface area contributed by atoms with E-state index in [1.54, 1.807) is 0 Å². The second-order valence-electron chi connectivity index (χ2n) is 5.82. The molecule has 3 rings (SSSR count). The molecule has 3 nitrogen and oxygen atoms in total. The molecule has 0 atom stereocenters. The second kappa shape index (κ2) is 7.64. The maximum atomic E-state index is 10.6. The Kier molecular flexibility index (Phi) is 5.12. The number of benzene rings is 3. The van der Waals surface area contributed by atoms with E-state index in [1.165, 1.54) is 16.3 Å². The number of hydrogen-bond acceptors (Lipinski definition) is 2. The molecule has 3 aromatic carbocycles. The first kappa shape index (κ1) is 16.1. The van der Waals surface area contributed by atoms with Crippen LogP contribution in [0.2, 0.25) is 0 Å². The number of carboxylic acid groups (broad SMARTS) is 1. The monoisotopic (exact) mass is 320 g/mol. The van der Waals surface area contributed by atoms with Crippen molar-refractivity contribution in [2.75, 3.05) is 6.61 Å². The molecule has 24 heavy (non-hydrogen) atoms. The van der Waals surface area contributed by atoms with Crippen molar-refractivity contribution < 1.29 is 14.6 Å². The van der Waals surface area contributed by atoms with Crippen LogP contribution in [0.5, 0.6) is 5.75 Å². The predicted molar refractivity (Wildman–Crippen MR) is 95.5 cm³/mol. The van der Waals surface area contributed by atoms with E-state index in [9.17, 15) is 4.79 Å². The molecule has 0 radical (unpaired) electrons. The lowest BCUT2D eigenvalue weighted by atomic mass is 10.1. The van der Waals surface area contributed by atoms with E-state index in [0.29, 0.717) is 13.0 Å². The Morgan fingerprint density at radius 2 is 1.54 bits per heavy atom. The van der Waals surface area contributed by atoms with Crippen molar-refractivity contribution in [1.82, 2.24) is 0 Å². The van der Waals surface area contributed by atoms with Crippen molar-refractivity contribution in [1.29, 1.82) is 0 Å². The molecule has 0 spiro atoms. The fraction of sp³-hybridized carbons (Fsp3) is 0.190. The van der Waals surface area contributed by atoms with Crippen LogP contribution in [0.3, 0.4) is 0 Å². The van der Waals surface area contributed by atoms with Crippen LogP contribution in [-0.2, 0) is 17.6 Å². The average Bonchev–Trinajstić information content (AvgIpc) is 2.61. The fourth-order valence-electron chi connectivity index (χ4n) is 2.68. The zero-order valence-corrected chi connectivity index (χ0v) is 13.4. The zero-order valence-electron chi connectivity index (χ0n) is 13.4. The maximum Gasteiger partial charge on any atom is 0.303 e. The van der Waals surface area contributed by atoms with Gasteiger partial charge in [0.2, 0.25) is 0 Å². The molecular weight excluding hydrogens is 300 g/mol. The van der Waals surface area contributed by atoms with E-state index in [-0.39, 0.29) is 6.42 Å². The molecule has 3 heteroatoms. The molecule has 0 aliphatic heterocycles. The highest BCUT2D eigenvalue weighted by Crippen LogP contribution is 2.17. The standard InChI is InChI=1S/C21H20O3/c22-21(23)12-8-16-6-10-20(11-7-16)24-14-13-17-5-9-18-3-1-2-4-19(18)15-17/h1-7,9-11,15H,8,12-14H2,(H,22,23). The van der Waals surface area contributed by atoms with Crippen LogP contribution in [0, 0.1) is 0 Å². The Morgan fingerprint density at radius 1 is 0.833 bits per heavy atom. The van der Waals surface area contributed by atoms with Crippen molar-refractivity contribution in [3.63, 3.8) is 0 Å². The number of rotatable bonds is 7. The molecule has 0 unspecified atom stereocenters. The number of hydrogen-bond donors (Lipinski definition) is 1. The lowest BCUT2D eigenvalue weighted by Crippen LogP contribution is -2.02. The molecule has 3 aromatic rings. The molecule has 0 amide bonds. The molecule has 0 bridgehead atoms.